The number of aliphatic imine (C=N–C) groups is 2. The van der Waals surface area contributed by atoms with Crippen molar-refractivity contribution in [2.45, 2.75) is 6.04 Å². The molecular formula is C30H24N4O3S. The summed E-state index contributed by atoms with van der Waals surface area (Å²) in [5.41, 5.74) is 3.58. The molecule has 1 atom stereocenters. The van der Waals surface area contributed by atoms with Gasteiger partial charge in [-0.2, -0.15) is 0 Å². The number of hydrogen-bond acceptors (Lipinski definition) is 7. The van der Waals surface area contributed by atoms with Gasteiger partial charge in [0.25, 0.3) is 5.91 Å². The van der Waals surface area contributed by atoms with Crippen LogP contribution in [0.1, 0.15) is 11.1 Å². The molecule has 1 amide bonds. The Hall–Kier alpha value is -4.82. The number of fused-ring (bicyclic) bond motifs is 1. The Bertz CT molecular complexity index is 1590. The molecule has 0 aliphatic rings. The molecule has 0 spiro atoms. The maximum Gasteiger partial charge on any atom is 0.251 e. The van der Waals surface area contributed by atoms with E-state index in [1.165, 1.54) is 12.4 Å². The Kier molecular flexibility index (Phi) is 7.52. The highest BCUT2D eigenvalue weighted by molar-refractivity contribution is 7.21. The van der Waals surface area contributed by atoms with Crippen LogP contribution in [0.5, 0.6) is 11.5 Å². The molecule has 38 heavy (non-hydrogen) atoms. The summed E-state index contributed by atoms with van der Waals surface area (Å²) in [7, 11) is 0. The second kappa shape index (κ2) is 11.5. The van der Waals surface area contributed by atoms with Gasteiger partial charge in [-0.25, -0.2) is 4.98 Å². The van der Waals surface area contributed by atoms with Crippen LogP contribution in [0, 0.1) is 0 Å². The smallest absolute Gasteiger partial charge is 0.251 e. The van der Waals surface area contributed by atoms with Gasteiger partial charge >= 0.3 is 0 Å². The van der Waals surface area contributed by atoms with E-state index in [2.05, 4.69) is 20.3 Å². The number of carbonyl (C=O) groups is 1. The van der Waals surface area contributed by atoms with E-state index >= 15 is 0 Å². The fraction of sp³-hybridized carbons (Fsp3) is 0.0667. The Labute approximate surface area is 223 Å². The first-order valence-electron chi connectivity index (χ1n) is 11.9. The molecular weight excluding hydrogens is 496 g/mol. The van der Waals surface area contributed by atoms with Gasteiger partial charge in [0.2, 0.25) is 0 Å². The number of rotatable bonds is 8. The summed E-state index contributed by atoms with van der Waals surface area (Å²) >= 11 is 1.62. The molecule has 3 N–H and O–H groups in total. The average molecular weight is 521 g/mol. The van der Waals surface area contributed by atoms with Crippen LogP contribution in [0.3, 0.4) is 0 Å². The second-order valence-electron chi connectivity index (χ2n) is 8.46. The molecule has 7 nitrogen and oxygen atoms in total. The van der Waals surface area contributed by atoms with E-state index in [1.54, 1.807) is 59.9 Å². The van der Waals surface area contributed by atoms with Crippen molar-refractivity contribution in [3.05, 3.63) is 108 Å². The topological polar surface area (TPSA) is 107 Å². The summed E-state index contributed by atoms with van der Waals surface area (Å²) in [5.74, 6) is -0.180. The van der Waals surface area contributed by atoms with Crippen LogP contribution in [0.15, 0.2) is 107 Å². The molecule has 5 rings (SSSR count). The third kappa shape index (κ3) is 5.93. The number of carbonyl (C=O) groups excluding carboxylic acids is 1. The van der Waals surface area contributed by atoms with Crippen molar-refractivity contribution in [3.63, 3.8) is 0 Å². The molecule has 0 radical (unpaired) electrons. The summed E-state index contributed by atoms with van der Waals surface area (Å²) in [6.45, 7) is 0.0497. The number of hydrogen-bond donors (Lipinski definition) is 3. The Morgan fingerprint density at radius 3 is 2.16 bits per heavy atom. The van der Waals surface area contributed by atoms with Crippen molar-refractivity contribution >= 4 is 45.6 Å². The molecule has 0 aliphatic heterocycles. The van der Waals surface area contributed by atoms with Crippen LogP contribution in [-0.2, 0) is 4.79 Å². The molecule has 188 valence electrons. The first-order chi connectivity index (χ1) is 18.6. The largest absolute Gasteiger partial charge is 0.507 e. The third-order valence-corrected chi connectivity index (χ3v) is 6.86. The van der Waals surface area contributed by atoms with Gasteiger partial charge in [-0.1, -0.05) is 36.4 Å². The van der Waals surface area contributed by atoms with Gasteiger partial charge in [0, 0.05) is 34.8 Å². The van der Waals surface area contributed by atoms with Gasteiger partial charge in [-0.3, -0.25) is 14.8 Å². The molecule has 0 fully saturated rings. The molecule has 8 heteroatoms. The lowest BCUT2D eigenvalue weighted by Crippen LogP contribution is -2.29. The number of phenolic OH excluding ortho intramolecular Hbond substituents is 2. The summed E-state index contributed by atoms with van der Waals surface area (Å²) in [6.07, 6.45) is 2.98. The summed E-state index contributed by atoms with van der Waals surface area (Å²) < 4.78 is 1.12. The lowest BCUT2D eigenvalue weighted by atomic mass is 10.2. The van der Waals surface area contributed by atoms with Crippen molar-refractivity contribution in [3.8, 4) is 22.1 Å². The van der Waals surface area contributed by atoms with Crippen molar-refractivity contribution in [2.24, 2.45) is 9.98 Å². The number of nitrogens with zero attached hydrogens (tertiary/aromatic N) is 3. The van der Waals surface area contributed by atoms with Crippen LogP contribution in [0.25, 0.3) is 20.8 Å². The number of amides is 1. The lowest BCUT2D eigenvalue weighted by molar-refractivity contribution is -0.117. The van der Waals surface area contributed by atoms with E-state index in [-0.39, 0.29) is 24.0 Å². The Morgan fingerprint density at radius 1 is 0.842 bits per heavy atom. The molecule has 4 aromatic carbocycles. The minimum absolute atomic E-state index is 0.0497. The van der Waals surface area contributed by atoms with Crippen LogP contribution >= 0.6 is 11.3 Å². The Balaban J connectivity index is 1.32. The summed E-state index contributed by atoms with van der Waals surface area (Å²) in [4.78, 5) is 26.6. The third-order valence-electron chi connectivity index (χ3n) is 5.77. The van der Waals surface area contributed by atoms with E-state index in [0.717, 1.165) is 20.8 Å². The molecule has 0 bridgehead atoms. The van der Waals surface area contributed by atoms with Gasteiger partial charge in [0.1, 0.15) is 22.5 Å². The predicted octanol–water partition coefficient (Wildman–Crippen LogP) is 5.92. The van der Waals surface area contributed by atoms with E-state index in [0.29, 0.717) is 16.8 Å². The van der Waals surface area contributed by atoms with Crippen molar-refractivity contribution < 1.29 is 15.0 Å². The number of thiazole rings is 1. The van der Waals surface area contributed by atoms with E-state index in [9.17, 15) is 15.0 Å². The monoisotopic (exact) mass is 520 g/mol. The fourth-order valence-electron chi connectivity index (χ4n) is 3.73. The van der Waals surface area contributed by atoms with Crippen LogP contribution in [0.2, 0.25) is 0 Å². The minimum Gasteiger partial charge on any atom is -0.507 e. The van der Waals surface area contributed by atoms with Crippen LogP contribution < -0.4 is 5.32 Å². The van der Waals surface area contributed by atoms with Gasteiger partial charge in [-0.15, -0.1) is 11.3 Å². The maximum absolute atomic E-state index is 13.2. The number of para-hydroxylation sites is 3. The van der Waals surface area contributed by atoms with Crippen molar-refractivity contribution in [1.29, 1.82) is 0 Å². The molecule has 0 aliphatic carbocycles. The molecule has 5 aromatic rings. The summed E-state index contributed by atoms with van der Waals surface area (Å²) in [6, 6.07) is 28.2. The maximum atomic E-state index is 13.2. The first kappa shape index (κ1) is 24.9. The second-order valence-corrected chi connectivity index (χ2v) is 9.49. The number of nitrogens with one attached hydrogen (secondary N) is 1. The van der Waals surface area contributed by atoms with E-state index in [1.807, 2.05) is 48.5 Å². The summed E-state index contributed by atoms with van der Waals surface area (Å²) in [5, 5.41) is 23.9. The van der Waals surface area contributed by atoms with Gasteiger partial charge < -0.3 is 15.5 Å². The molecule has 0 saturated carbocycles. The zero-order valence-electron chi connectivity index (χ0n) is 20.2. The molecule has 1 heterocycles. The minimum atomic E-state index is -0.861. The quantitative estimate of drug-likeness (QED) is 0.221. The SMILES string of the molecule is O=C(Nc1ccc(-c2nc3ccccc3s2)cc1)C(C/N=C/c1ccccc1O)/N=C/c1ccccc1O. The Morgan fingerprint density at radius 2 is 1.47 bits per heavy atom. The zero-order valence-corrected chi connectivity index (χ0v) is 21.0. The highest BCUT2D eigenvalue weighted by Crippen LogP contribution is 2.30. The van der Waals surface area contributed by atoms with E-state index in [4.69, 9.17) is 0 Å². The highest BCUT2D eigenvalue weighted by Gasteiger charge is 2.17. The number of aromatic hydroxyl groups is 2. The van der Waals surface area contributed by atoms with Gasteiger partial charge in [-0.05, 0) is 60.7 Å². The predicted molar refractivity (Wildman–Crippen MR) is 154 cm³/mol. The average Bonchev–Trinajstić information content (AvgIpc) is 3.37. The molecule has 1 aromatic heterocycles. The van der Waals surface area contributed by atoms with Gasteiger partial charge in [0.15, 0.2) is 0 Å². The number of benzene rings is 4. The van der Waals surface area contributed by atoms with Crippen LogP contribution in [-0.4, -0.2) is 46.1 Å². The van der Waals surface area contributed by atoms with Gasteiger partial charge in [0.05, 0.1) is 16.8 Å². The highest BCUT2D eigenvalue weighted by atomic mass is 32.1. The first-order valence-corrected chi connectivity index (χ1v) is 12.7. The van der Waals surface area contributed by atoms with Crippen LogP contribution in [0.4, 0.5) is 5.69 Å². The zero-order chi connectivity index (χ0) is 26.3. The van der Waals surface area contributed by atoms with Crippen molar-refractivity contribution in [2.75, 3.05) is 11.9 Å². The number of phenols is 2. The molecule has 0 saturated heterocycles. The fourth-order valence-corrected chi connectivity index (χ4v) is 4.70. The molecule has 1 unspecified atom stereocenters. The normalized spacial score (nSPS) is 12.3. The van der Waals surface area contributed by atoms with E-state index < -0.39 is 6.04 Å². The number of aromatic nitrogens is 1. The number of anilines is 1. The lowest BCUT2D eigenvalue weighted by Gasteiger charge is -2.12. The van der Waals surface area contributed by atoms with Crippen molar-refractivity contribution in [1.82, 2.24) is 4.98 Å². The standard InChI is InChI=1S/C30H24N4O3S/c35-26-10-4-1-7-21(26)17-31-19-25(32-18-22-8-2-5-11-27(22)36)29(37)33-23-15-13-20(14-16-23)30-34-24-9-3-6-12-28(24)38-30/h1-18,25,35-36H,19H2,(H,33,37)/b31-17+,32-18+.